The maximum atomic E-state index is 10.8. The summed E-state index contributed by atoms with van der Waals surface area (Å²) in [5.41, 5.74) is 1.51. The standard InChI is InChI=1S/C17H25N3O3/c1-14-12-15(20(22)23)4-5-16(14)19-10-6-17(21,7-11-19)13-18-8-2-3-9-18/h4-5,12,21H,2-3,6-11,13H2,1H3. The summed E-state index contributed by atoms with van der Waals surface area (Å²) in [7, 11) is 0. The molecule has 6 heteroatoms. The SMILES string of the molecule is Cc1cc([N+](=O)[O-])ccc1N1CCC(O)(CN2CCCC2)CC1. The summed E-state index contributed by atoms with van der Waals surface area (Å²) in [5.74, 6) is 0. The van der Waals surface area contributed by atoms with Gasteiger partial charge in [0.2, 0.25) is 0 Å². The highest BCUT2D eigenvalue weighted by molar-refractivity contribution is 5.57. The quantitative estimate of drug-likeness (QED) is 0.681. The Morgan fingerprint density at radius 2 is 1.87 bits per heavy atom. The molecule has 0 unspecified atom stereocenters. The second-order valence-corrected chi connectivity index (χ2v) is 6.92. The molecular weight excluding hydrogens is 294 g/mol. The molecule has 1 aromatic carbocycles. The number of nitrogens with zero attached hydrogens (tertiary/aromatic N) is 3. The number of piperidine rings is 1. The number of rotatable bonds is 4. The van der Waals surface area contributed by atoms with Crippen molar-refractivity contribution in [3.8, 4) is 0 Å². The van der Waals surface area contributed by atoms with E-state index >= 15 is 0 Å². The van der Waals surface area contributed by atoms with Gasteiger partial charge in [0.1, 0.15) is 0 Å². The molecule has 2 aliphatic heterocycles. The number of non-ortho nitro benzene ring substituents is 1. The van der Waals surface area contributed by atoms with E-state index < -0.39 is 5.60 Å². The van der Waals surface area contributed by atoms with Crippen LogP contribution in [0.3, 0.4) is 0 Å². The van der Waals surface area contributed by atoms with Crippen LogP contribution >= 0.6 is 0 Å². The highest BCUT2D eigenvalue weighted by Gasteiger charge is 2.35. The first-order valence-corrected chi connectivity index (χ1v) is 8.42. The first-order chi connectivity index (χ1) is 11.0. The molecule has 0 atom stereocenters. The van der Waals surface area contributed by atoms with Crippen LogP contribution in [0.1, 0.15) is 31.2 Å². The Labute approximate surface area is 136 Å². The molecule has 6 nitrogen and oxygen atoms in total. The Bertz CT molecular complexity index is 576. The normalized spacial score (nSPS) is 21.6. The van der Waals surface area contributed by atoms with Gasteiger partial charge in [-0.1, -0.05) is 0 Å². The summed E-state index contributed by atoms with van der Waals surface area (Å²) in [6.07, 6.45) is 3.98. The third-order valence-electron chi connectivity index (χ3n) is 5.14. The van der Waals surface area contributed by atoms with E-state index in [9.17, 15) is 15.2 Å². The zero-order valence-corrected chi connectivity index (χ0v) is 13.7. The lowest BCUT2D eigenvalue weighted by molar-refractivity contribution is -0.384. The topological polar surface area (TPSA) is 69.8 Å². The van der Waals surface area contributed by atoms with Gasteiger partial charge in [-0.25, -0.2) is 0 Å². The van der Waals surface area contributed by atoms with Crippen molar-refractivity contribution in [2.45, 2.75) is 38.2 Å². The number of hydrogen-bond acceptors (Lipinski definition) is 5. The van der Waals surface area contributed by atoms with Crippen LogP contribution in [0.25, 0.3) is 0 Å². The second-order valence-electron chi connectivity index (χ2n) is 6.92. The van der Waals surface area contributed by atoms with E-state index in [-0.39, 0.29) is 10.6 Å². The molecule has 1 N–H and O–H groups in total. The van der Waals surface area contributed by atoms with Gasteiger partial charge in [0, 0.05) is 37.5 Å². The average molecular weight is 319 g/mol. The molecule has 3 rings (SSSR count). The summed E-state index contributed by atoms with van der Waals surface area (Å²) < 4.78 is 0. The molecule has 0 saturated carbocycles. The van der Waals surface area contributed by atoms with Crippen molar-refractivity contribution in [1.29, 1.82) is 0 Å². The van der Waals surface area contributed by atoms with E-state index in [0.717, 1.165) is 56.8 Å². The lowest BCUT2D eigenvalue weighted by Gasteiger charge is -2.41. The fraction of sp³-hybridized carbons (Fsp3) is 0.647. The molecule has 0 bridgehead atoms. The van der Waals surface area contributed by atoms with Gasteiger partial charge in [0.25, 0.3) is 5.69 Å². The lowest BCUT2D eigenvalue weighted by Crippen LogP contribution is -2.50. The number of aliphatic hydroxyl groups is 1. The number of likely N-dealkylation sites (tertiary alicyclic amines) is 1. The minimum absolute atomic E-state index is 0.133. The van der Waals surface area contributed by atoms with Gasteiger partial charge in [0.15, 0.2) is 0 Å². The molecule has 0 spiro atoms. The molecule has 0 aromatic heterocycles. The van der Waals surface area contributed by atoms with Gasteiger partial charge in [-0.3, -0.25) is 10.1 Å². The fourth-order valence-corrected chi connectivity index (χ4v) is 3.79. The van der Waals surface area contributed by atoms with Crippen LogP contribution in [0.15, 0.2) is 18.2 Å². The minimum Gasteiger partial charge on any atom is -0.388 e. The van der Waals surface area contributed by atoms with Crippen LogP contribution in [0.5, 0.6) is 0 Å². The number of anilines is 1. The van der Waals surface area contributed by atoms with Gasteiger partial charge in [0.05, 0.1) is 10.5 Å². The van der Waals surface area contributed by atoms with E-state index in [1.54, 1.807) is 12.1 Å². The molecule has 23 heavy (non-hydrogen) atoms. The summed E-state index contributed by atoms with van der Waals surface area (Å²) >= 11 is 0. The zero-order valence-electron chi connectivity index (χ0n) is 13.7. The fourth-order valence-electron chi connectivity index (χ4n) is 3.79. The Balaban J connectivity index is 1.63. The van der Waals surface area contributed by atoms with Gasteiger partial charge >= 0.3 is 0 Å². The van der Waals surface area contributed by atoms with Crippen LogP contribution in [0.4, 0.5) is 11.4 Å². The Morgan fingerprint density at radius 3 is 2.43 bits per heavy atom. The molecular formula is C17H25N3O3. The van der Waals surface area contributed by atoms with Gasteiger partial charge in [-0.15, -0.1) is 0 Å². The van der Waals surface area contributed by atoms with E-state index in [0.29, 0.717) is 0 Å². The van der Waals surface area contributed by atoms with Gasteiger partial charge in [-0.2, -0.15) is 0 Å². The summed E-state index contributed by atoms with van der Waals surface area (Å²) in [4.78, 5) is 15.1. The Hall–Kier alpha value is -1.66. The van der Waals surface area contributed by atoms with Crippen molar-refractivity contribution in [1.82, 2.24) is 4.90 Å². The van der Waals surface area contributed by atoms with Crippen molar-refractivity contribution in [2.24, 2.45) is 0 Å². The number of hydrogen-bond donors (Lipinski definition) is 1. The Kier molecular flexibility index (Phi) is 4.55. The van der Waals surface area contributed by atoms with Crippen LogP contribution in [0, 0.1) is 17.0 Å². The molecule has 2 fully saturated rings. The van der Waals surface area contributed by atoms with E-state index in [2.05, 4.69) is 9.80 Å². The van der Waals surface area contributed by atoms with Crippen LogP contribution in [0.2, 0.25) is 0 Å². The van der Waals surface area contributed by atoms with Gasteiger partial charge in [-0.05, 0) is 57.3 Å². The monoisotopic (exact) mass is 319 g/mol. The zero-order chi connectivity index (χ0) is 16.4. The van der Waals surface area contributed by atoms with Gasteiger partial charge < -0.3 is 14.9 Å². The smallest absolute Gasteiger partial charge is 0.269 e. The number of aryl methyl sites for hydroxylation is 1. The molecule has 0 radical (unpaired) electrons. The lowest BCUT2D eigenvalue weighted by atomic mass is 9.90. The van der Waals surface area contributed by atoms with Crippen molar-refractivity contribution >= 4 is 11.4 Å². The molecule has 2 heterocycles. The third-order valence-corrected chi connectivity index (χ3v) is 5.14. The van der Waals surface area contributed by atoms with Crippen molar-refractivity contribution in [2.75, 3.05) is 37.6 Å². The van der Waals surface area contributed by atoms with E-state index in [1.807, 2.05) is 13.0 Å². The largest absolute Gasteiger partial charge is 0.388 e. The minimum atomic E-state index is -0.588. The second kappa shape index (κ2) is 6.45. The molecule has 126 valence electrons. The predicted molar refractivity (Wildman–Crippen MR) is 89.9 cm³/mol. The molecule has 0 amide bonds. The first kappa shape index (κ1) is 16.2. The van der Waals surface area contributed by atoms with Crippen molar-refractivity contribution in [3.63, 3.8) is 0 Å². The van der Waals surface area contributed by atoms with E-state index in [1.165, 1.54) is 12.8 Å². The van der Waals surface area contributed by atoms with Crippen molar-refractivity contribution in [3.05, 3.63) is 33.9 Å². The molecule has 2 saturated heterocycles. The molecule has 0 aliphatic carbocycles. The summed E-state index contributed by atoms with van der Waals surface area (Å²) in [6, 6.07) is 5.02. The van der Waals surface area contributed by atoms with Crippen LogP contribution < -0.4 is 4.90 Å². The molecule has 1 aromatic rings. The molecule has 2 aliphatic rings. The van der Waals surface area contributed by atoms with Crippen LogP contribution in [-0.2, 0) is 0 Å². The number of nitro benzene ring substituents is 1. The highest BCUT2D eigenvalue weighted by atomic mass is 16.6. The highest BCUT2D eigenvalue weighted by Crippen LogP contribution is 2.31. The number of nitro groups is 1. The maximum absolute atomic E-state index is 10.8. The number of β-amino-alcohol motifs (C(OH)–C–C–N with tert-alkyl or cyclic N) is 1. The first-order valence-electron chi connectivity index (χ1n) is 8.42. The maximum Gasteiger partial charge on any atom is 0.269 e. The van der Waals surface area contributed by atoms with E-state index in [4.69, 9.17) is 0 Å². The average Bonchev–Trinajstić information content (AvgIpc) is 3.00. The summed E-state index contributed by atoms with van der Waals surface area (Å²) in [6.45, 7) is 6.49. The van der Waals surface area contributed by atoms with Crippen molar-refractivity contribution < 1.29 is 10.0 Å². The summed E-state index contributed by atoms with van der Waals surface area (Å²) in [5, 5.41) is 21.7. The predicted octanol–water partition coefficient (Wildman–Crippen LogP) is 2.33. The third kappa shape index (κ3) is 3.64. The van der Waals surface area contributed by atoms with Crippen LogP contribution in [-0.4, -0.2) is 53.3 Å². The number of benzene rings is 1. The Morgan fingerprint density at radius 1 is 1.22 bits per heavy atom.